The first kappa shape index (κ1) is 13.8. The molecule has 3 aliphatic rings. The molecule has 0 radical (unpaired) electrons. The molecule has 22 heavy (non-hydrogen) atoms. The number of carbonyl (C=O) groups is 2. The van der Waals surface area contributed by atoms with Crippen LogP contribution in [-0.4, -0.2) is 34.7 Å². The fourth-order valence-corrected chi connectivity index (χ4v) is 4.23. The molecular formula is C18H22N2O2. The fraction of sp³-hybridized carbons (Fsp3) is 0.556. The third kappa shape index (κ3) is 2.21. The molecule has 116 valence electrons. The summed E-state index contributed by atoms with van der Waals surface area (Å²) in [6, 6.07) is 8.29. The Morgan fingerprint density at radius 3 is 2.64 bits per heavy atom. The van der Waals surface area contributed by atoms with Gasteiger partial charge in [-0.1, -0.05) is 43.5 Å². The van der Waals surface area contributed by atoms with E-state index in [9.17, 15) is 9.59 Å². The molecule has 4 nitrogen and oxygen atoms in total. The lowest BCUT2D eigenvalue weighted by atomic mass is 9.88. The maximum Gasteiger partial charge on any atom is 0.243 e. The van der Waals surface area contributed by atoms with E-state index in [0.29, 0.717) is 13.1 Å². The molecule has 2 amide bonds. The van der Waals surface area contributed by atoms with Crippen LogP contribution in [0.1, 0.15) is 49.3 Å². The smallest absolute Gasteiger partial charge is 0.243 e. The van der Waals surface area contributed by atoms with Gasteiger partial charge in [0, 0.05) is 19.0 Å². The predicted octanol–water partition coefficient (Wildman–Crippen LogP) is 2.49. The molecule has 1 aromatic carbocycles. The first-order valence-electron chi connectivity index (χ1n) is 8.40. The van der Waals surface area contributed by atoms with Crippen LogP contribution in [0.2, 0.25) is 0 Å². The first-order chi connectivity index (χ1) is 10.7. The minimum Gasteiger partial charge on any atom is -0.331 e. The zero-order valence-electron chi connectivity index (χ0n) is 12.8. The number of rotatable bonds is 1. The van der Waals surface area contributed by atoms with E-state index in [4.69, 9.17) is 0 Å². The van der Waals surface area contributed by atoms with Crippen LogP contribution in [-0.2, 0) is 16.1 Å². The topological polar surface area (TPSA) is 40.6 Å². The van der Waals surface area contributed by atoms with Gasteiger partial charge in [-0.2, -0.15) is 0 Å². The predicted molar refractivity (Wildman–Crippen MR) is 82.9 cm³/mol. The lowest BCUT2D eigenvalue weighted by Gasteiger charge is -2.39. The van der Waals surface area contributed by atoms with Gasteiger partial charge in [0.25, 0.3) is 0 Å². The van der Waals surface area contributed by atoms with Crippen LogP contribution in [0.4, 0.5) is 0 Å². The van der Waals surface area contributed by atoms with Crippen LogP contribution in [0.5, 0.6) is 0 Å². The van der Waals surface area contributed by atoms with Gasteiger partial charge in [0.05, 0.1) is 12.6 Å². The molecule has 0 spiro atoms. The van der Waals surface area contributed by atoms with Crippen molar-refractivity contribution in [2.24, 2.45) is 5.92 Å². The quantitative estimate of drug-likeness (QED) is 0.799. The van der Waals surface area contributed by atoms with Gasteiger partial charge in [0.2, 0.25) is 11.8 Å². The minimum atomic E-state index is 0.0602. The van der Waals surface area contributed by atoms with E-state index in [1.54, 1.807) is 0 Å². The number of nitrogens with zero attached hydrogens (tertiary/aromatic N) is 2. The van der Waals surface area contributed by atoms with Crippen molar-refractivity contribution in [3.8, 4) is 0 Å². The third-order valence-corrected chi connectivity index (χ3v) is 5.44. The Bertz CT molecular complexity index is 607. The highest BCUT2D eigenvalue weighted by Crippen LogP contribution is 2.37. The summed E-state index contributed by atoms with van der Waals surface area (Å²) >= 11 is 0. The van der Waals surface area contributed by atoms with Crippen molar-refractivity contribution < 1.29 is 9.59 Å². The average molecular weight is 298 g/mol. The van der Waals surface area contributed by atoms with Crippen LogP contribution < -0.4 is 0 Å². The van der Waals surface area contributed by atoms with Crippen LogP contribution in [0, 0.1) is 5.92 Å². The number of hydrogen-bond acceptors (Lipinski definition) is 2. The van der Waals surface area contributed by atoms with Gasteiger partial charge in [-0.15, -0.1) is 0 Å². The molecule has 1 aromatic rings. The number of piperazine rings is 1. The lowest BCUT2D eigenvalue weighted by Crippen LogP contribution is -2.52. The number of amides is 2. The molecule has 1 aliphatic carbocycles. The lowest BCUT2D eigenvalue weighted by molar-refractivity contribution is -0.151. The summed E-state index contributed by atoms with van der Waals surface area (Å²) in [5, 5.41) is 0. The summed E-state index contributed by atoms with van der Waals surface area (Å²) in [5.41, 5.74) is 2.45. The van der Waals surface area contributed by atoms with Crippen LogP contribution in [0.3, 0.4) is 0 Å². The van der Waals surface area contributed by atoms with E-state index in [-0.39, 0.29) is 30.3 Å². The number of carbonyl (C=O) groups excluding carboxylic acids is 2. The Morgan fingerprint density at radius 2 is 1.82 bits per heavy atom. The van der Waals surface area contributed by atoms with Crippen molar-refractivity contribution in [3.05, 3.63) is 35.4 Å². The zero-order chi connectivity index (χ0) is 15.1. The van der Waals surface area contributed by atoms with Crippen molar-refractivity contribution in [1.29, 1.82) is 0 Å². The molecule has 1 saturated carbocycles. The van der Waals surface area contributed by atoms with E-state index < -0.39 is 0 Å². The van der Waals surface area contributed by atoms with Crippen LogP contribution in [0.25, 0.3) is 0 Å². The SMILES string of the molecule is O=C(C1CCCCC1)N1CC(=O)N2Cc3ccccc3C2C1. The third-order valence-electron chi connectivity index (χ3n) is 5.44. The summed E-state index contributed by atoms with van der Waals surface area (Å²) in [5.74, 6) is 0.443. The van der Waals surface area contributed by atoms with Crippen LogP contribution >= 0.6 is 0 Å². The highest BCUT2D eigenvalue weighted by atomic mass is 16.2. The van der Waals surface area contributed by atoms with Gasteiger partial charge in [0.15, 0.2) is 0 Å². The van der Waals surface area contributed by atoms with Crippen molar-refractivity contribution in [2.75, 3.05) is 13.1 Å². The Morgan fingerprint density at radius 1 is 1.05 bits per heavy atom. The molecule has 0 N–H and O–H groups in total. The van der Waals surface area contributed by atoms with Crippen LogP contribution in [0.15, 0.2) is 24.3 Å². The largest absolute Gasteiger partial charge is 0.331 e. The van der Waals surface area contributed by atoms with E-state index in [1.807, 2.05) is 21.9 Å². The second kappa shape index (κ2) is 5.41. The Hall–Kier alpha value is -1.84. The van der Waals surface area contributed by atoms with Gasteiger partial charge in [-0.3, -0.25) is 9.59 Å². The number of fused-ring (bicyclic) bond motifs is 3. The normalized spacial score (nSPS) is 25.1. The van der Waals surface area contributed by atoms with E-state index in [2.05, 4.69) is 12.1 Å². The van der Waals surface area contributed by atoms with Gasteiger partial charge >= 0.3 is 0 Å². The maximum atomic E-state index is 12.8. The van der Waals surface area contributed by atoms with Gasteiger partial charge in [0.1, 0.15) is 0 Å². The first-order valence-corrected chi connectivity index (χ1v) is 8.40. The van der Waals surface area contributed by atoms with Crippen molar-refractivity contribution in [1.82, 2.24) is 9.80 Å². The molecule has 1 atom stereocenters. The Labute approximate surface area is 131 Å². The standard InChI is InChI=1S/C18H22N2O2/c21-17-12-19(18(22)13-6-2-1-3-7-13)11-16-15-9-5-4-8-14(15)10-20(16)17/h4-5,8-9,13,16H,1-3,6-7,10-12H2. The average Bonchev–Trinajstić information content (AvgIpc) is 2.94. The summed E-state index contributed by atoms with van der Waals surface area (Å²) < 4.78 is 0. The number of benzene rings is 1. The molecule has 1 saturated heterocycles. The molecule has 0 aromatic heterocycles. The zero-order valence-corrected chi connectivity index (χ0v) is 12.8. The van der Waals surface area contributed by atoms with Crippen molar-refractivity contribution in [3.63, 3.8) is 0 Å². The fourth-order valence-electron chi connectivity index (χ4n) is 4.23. The van der Waals surface area contributed by atoms with E-state index >= 15 is 0 Å². The highest BCUT2D eigenvalue weighted by Gasteiger charge is 2.41. The maximum absolute atomic E-state index is 12.8. The molecule has 2 heterocycles. The molecule has 2 fully saturated rings. The summed E-state index contributed by atoms with van der Waals surface area (Å²) in [4.78, 5) is 29.0. The molecule has 4 rings (SSSR count). The summed E-state index contributed by atoms with van der Waals surface area (Å²) in [7, 11) is 0. The molecule has 2 aliphatic heterocycles. The Balaban J connectivity index is 1.55. The van der Waals surface area contributed by atoms with E-state index in [1.165, 1.54) is 17.5 Å². The van der Waals surface area contributed by atoms with Gasteiger partial charge in [-0.05, 0) is 24.0 Å². The van der Waals surface area contributed by atoms with E-state index in [0.717, 1.165) is 25.7 Å². The molecule has 1 unspecified atom stereocenters. The minimum absolute atomic E-state index is 0.0602. The monoisotopic (exact) mass is 298 g/mol. The second-order valence-corrected chi connectivity index (χ2v) is 6.79. The van der Waals surface area contributed by atoms with Gasteiger partial charge in [-0.25, -0.2) is 0 Å². The van der Waals surface area contributed by atoms with Crippen molar-refractivity contribution in [2.45, 2.75) is 44.7 Å². The van der Waals surface area contributed by atoms with Gasteiger partial charge < -0.3 is 9.80 Å². The number of hydrogen-bond donors (Lipinski definition) is 0. The summed E-state index contributed by atoms with van der Waals surface area (Å²) in [6.45, 7) is 1.63. The Kier molecular flexibility index (Phi) is 3.40. The van der Waals surface area contributed by atoms with Crippen molar-refractivity contribution >= 4 is 11.8 Å². The molecular weight excluding hydrogens is 276 g/mol. The summed E-state index contributed by atoms with van der Waals surface area (Å²) in [6.07, 6.45) is 5.53. The molecule has 0 bridgehead atoms. The second-order valence-electron chi connectivity index (χ2n) is 6.79. The molecule has 4 heteroatoms. The highest BCUT2D eigenvalue weighted by molar-refractivity contribution is 5.88.